The maximum atomic E-state index is 12.6. The maximum Gasteiger partial charge on any atom is 0.387 e. The van der Waals surface area contributed by atoms with Crippen molar-refractivity contribution in [2.24, 2.45) is 0 Å². The van der Waals surface area contributed by atoms with Crippen molar-refractivity contribution in [1.29, 1.82) is 0 Å². The number of likely N-dealkylation sites (N-methyl/N-ethyl adjacent to an activating group) is 1. The van der Waals surface area contributed by atoms with E-state index in [1.165, 1.54) is 19.2 Å². The van der Waals surface area contributed by atoms with E-state index < -0.39 is 24.6 Å². The van der Waals surface area contributed by atoms with Crippen LogP contribution in [0.2, 0.25) is 0 Å². The van der Waals surface area contributed by atoms with Crippen molar-refractivity contribution in [2.45, 2.75) is 19.2 Å². The zero-order valence-corrected chi connectivity index (χ0v) is 15.0. The number of nitrogens with one attached hydrogen (secondary N) is 3. The van der Waals surface area contributed by atoms with E-state index in [4.69, 9.17) is 0 Å². The molecule has 0 saturated heterocycles. The fourth-order valence-electron chi connectivity index (χ4n) is 2.76. The van der Waals surface area contributed by atoms with Crippen LogP contribution in [0.25, 0.3) is 0 Å². The second kappa shape index (κ2) is 9.63. The van der Waals surface area contributed by atoms with Crippen molar-refractivity contribution < 1.29 is 28.0 Å². The molecule has 2 atom stereocenters. The van der Waals surface area contributed by atoms with Crippen LogP contribution in [0.1, 0.15) is 17.2 Å². The van der Waals surface area contributed by atoms with Gasteiger partial charge in [0.1, 0.15) is 12.3 Å². The lowest BCUT2D eigenvalue weighted by Crippen LogP contribution is -3.09. The van der Waals surface area contributed by atoms with Gasteiger partial charge in [-0.25, -0.2) is 4.79 Å². The van der Waals surface area contributed by atoms with E-state index in [0.717, 1.165) is 16.0 Å². The summed E-state index contributed by atoms with van der Waals surface area (Å²) in [6, 6.07) is 14.2. The minimum Gasteiger partial charge on any atom is -0.435 e. The first-order valence-electron chi connectivity index (χ1n) is 8.34. The largest absolute Gasteiger partial charge is 0.435 e. The molecular weight excluding hydrogens is 356 g/mol. The van der Waals surface area contributed by atoms with Crippen LogP contribution in [0.5, 0.6) is 5.75 Å². The molecule has 0 spiro atoms. The molecule has 2 aromatic carbocycles. The summed E-state index contributed by atoms with van der Waals surface area (Å²) >= 11 is 0. The van der Waals surface area contributed by atoms with Crippen LogP contribution in [0.3, 0.4) is 0 Å². The van der Waals surface area contributed by atoms with Crippen molar-refractivity contribution >= 4 is 11.9 Å². The van der Waals surface area contributed by atoms with Gasteiger partial charge in [0.05, 0.1) is 7.05 Å². The van der Waals surface area contributed by atoms with Crippen LogP contribution in [0.4, 0.5) is 13.6 Å². The third-order valence-corrected chi connectivity index (χ3v) is 3.98. The van der Waals surface area contributed by atoms with Gasteiger partial charge in [0.25, 0.3) is 5.91 Å². The molecule has 8 heteroatoms. The number of halogens is 2. The Hall–Kier alpha value is -3.00. The van der Waals surface area contributed by atoms with Gasteiger partial charge in [0, 0.05) is 18.2 Å². The van der Waals surface area contributed by atoms with Crippen LogP contribution in [-0.2, 0) is 11.3 Å². The minimum absolute atomic E-state index is 0.0726. The highest BCUT2D eigenvalue weighted by Gasteiger charge is 2.30. The molecule has 2 rings (SSSR count). The van der Waals surface area contributed by atoms with E-state index in [-0.39, 0.29) is 5.75 Å². The Morgan fingerprint density at radius 2 is 1.70 bits per heavy atom. The molecule has 0 bridgehead atoms. The smallest absolute Gasteiger partial charge is 0.387 e. The Morgan fingerprint density at radius 3 is 2.26 bits per heavy atom. The van der Waals surface area contributed by atoms with Crippen LogP contribution in [0.15, 0.2) is 54.6 Å². The first-order valence-corrected chi connectivity index (χ1v) is 8.34. The highest BCUT2D eigenvalue weighted by molar-refractivity contribution is 5.96. The third kappa shape index (κ3) is 6.03. The third-order valence-electron chi connectivity index (χ3n) is 3.98. The molecule has 3 amide bonds. The Bertz CT molecular complexity index is 755. The molecule has 0 fully saturated rings. The summed E-state index contributed by atoms with van der Waals surface area (Å²) in [4.78, 5) is 25.0. The maximum absolute atomic E-state index is 12.6. The summed E-state index contributed by atoms with van der Waals surface area (Å²) in [5, 5.41) is 4.67. The number of rotatable bonds is 7. The summed E-state index contributed by atoms with van der Waals surface area (Å²) in [6.45, 7) is -2.43. The fraction of sp³-hybridized carbons (Fsp3) is 0.263. The van der Waals surface area contributed by atoms with Crippen molar-refractivity contribution in [2.75, 3.05) is 14.1 Å². The van der Waals surface area contributed by atoms with E-state index in [0.29, 0.717) is 6.54 Å². The molecule has 27 heavy (non-hydrogen) atoms. The van der Waals surface area contributed by atoms with Crippen LogP contribution in [0, 0.1) is 0 Å². The molecule has 1 unspecified atom stereocenters. The van der Waals surface area contributed by atoms with Gasteiger partial charge in [0.15, 0.2) is 6.04 Å². The summed E-state index contributed by atoms with van der Waals surface area (Å²) < 4.78 is 28.8. The van der Waals surface area contributed by atoms with Crippen molar-refractivity contribution in [3.63, 3.8) is 0 Å². The molecule has 6 nitrogen and oxygen atoms in total. The van der Waals surface area contributed by atoms with E-state index in [2.05, 4.69) is 15.4 Å². The number of alkyl halides is 2. The Labute approximate surface area is 156 Å². The molecule has 0 aromatic heterocycles. The number of benzene rings is 2. The average Bonchev–Trinajstić information content (AvgIpc) is 2.64. The summed E-state index contributed by atoms with van der Waals surface area (Å²) in [7, 11) is 3.25. The standard InChI is InChI=1S/C19H21F2N3O3/c1-22-19(26)23-17(25)16(14-6-4-3-5-7-14)24(2)12-13-8-10-15(11-9-13)27-18(20)21/h3-11,16,18H,12H2,1-2H3,(H2,22,23,25,26)/p+1/t16-/m0/s1. The van der Waals surface area contributed by atoms with Gasteiger partial charge >= 0.3 is 12.6 Å². The molecule has 0 aliphatic heterocycles. The number of hydrogen-bond acceptors (Lipinski definition) is 3. The molecule has 3 N–H and O–H groups in total. The van der Waals surface area contributed by atoms with Crippen molar-refractivity contribution in [1.82, 2.24) is 10.6 Å². The lowest BCUT2D eigenvalue weighted by atomic mass is 10.0. The zero-order chi connectivity index (χ0) is 19.8. The van der Waals surface area contributed by atoms with Crippen molar-refractivity contribution in [3.8, 4) is 5.75 Å². The average molecular weight is 378 g/mol. The van der Waals surface area contributed by atoms with Gasteiger partial charge < -0.3 is 15.0 Å². The van der Waals surface area contributed by atoms with E-state index in [1.807, 2.05) is 37.4 Å². The van der Waals surface area contributed by atoms with Gasteiger partial charge in [0.2, 0.25) is 0 Å². The quantitative estimate of drug-likeness (QED) is 0.684. The van der Waals surface area contributed by atoms with E-state index >= 15 is 0 Å². The number of ether oxygens (including phenoxy) is 1. The normalized spacial score (nSPS) is 12.9. The Morgan fingerprint density at radius 1 is 1.07 bits per heavy atom. The number of carbonyl (C=O) groups is 2. The van der Waals surface area contributed by atoms with Gasteiger partial charge in [-0.1, -0.05) is 30.3 Å². The van der Waals surface area contributed by atoms with Crippen LogP contribution >= 0.6 is 0 Å². The highest BCUT2D eigenvalue weighted by atomic mass is 19.3. The topological polar surface area (TPSA) is 71.9 Å². The first-order chi connectivity index (χ1) is 12.9. The number of carbonyl (C=O) groups excluding carboxylic acids is 2. The summed E-state index contributed by atoms with van der Waals surface area (Å²) in [5.74, 6) is -0.362. The summed E-state index contributed by atoms with van der Waals surface area (Å²) in [6.07, 6.45) is 0. The molecule has 144 valence electrons. The molecule has 0 aliphatic rings. The lowest BCUT2D eigenvalue weighted by molar-refractivity contribution is -0.916. The van der Waals surface area contributed by atoms with E-state index in [1.54, 1.807) is 12.1 Å². The van der Waals surface area contributed by atoms with Gasteiger partial charge in [-0.2, -0.15) is 8.78 Å². The van der Waals surface area contributed by atoms with Crippen molar-refractivity contribution in [3.05, 3.63) is 65.7 Å². The first kappa shape index (κ1) is 20.3. The number of quaternary nitrogens is 1. The molecule has 0 heterocycles. The highest BCUT2D eigenvalue weighted by Crippen LogP contribution is 2.15. The van der Waals surface area contributed by atoms with E-state index in [9.17, 15) is 18.4 Å². The molecular formula is C19H22F2N3O3+. The monoisotopic (exact) mass is 378 g/mol. The number of imide groups is 1. The predicted octanol–water partition coefficient (Wildman–Crippen LogP) is 1.50. The minimum atomic E-state index is -2.87. The lowest BCUT2D eigenvalue weighted by Gasteiger charge is -2.24. The molecule has 0 aliphatic carbocycles. The molecule has 0 radical (unpaired) electrons. The fourth-order valence-corrected chi connectivity index (χ4v) is 2.76. The number of amides is 3. The predicted molar refractivity (Wildman–Crippen MR) is 95.4 cm³/mol. The number of hydrogen-bond donors (Lipinski definition) is 3. The second-order valence-electron chi connectivity index (χ2n) is 5.96. The second-order valence-corrected chi connectivity index (χ2v) is 5.96. The zero-order valence-electron chi connectivity index (χ0n) is 15.0. The van der Waals surface area contributed by atoms with Gasteiger partial charge in [-0.05, 0) is 24.3 Å². The Kier molecular flexibility index (Phi) is 7.25. The summed E-state index contributed by atoms with van der Waals surface area (Å²) in [5.41, 5.74) is 1.59. The SMILES string of the molecule is CNC(=O)NC(=O)[C@H](c1ccccc1)[NH+](C)Cc1ccc(OC(F)F)cc1. The van der Waals surface area contributed by atoms with Gasteiger partial charge in [-0.3, -0.25) is 10.1 Å². The van der Waals surface area contributed by atoms with Crippen LogP contribution in [-0.4, -0.2) is 32.6 Å². The molecule has 2 aromatic rings. The number of urea groups is 1. The van der Waals surface area contributed by atoms with Gasteiger partial charge in [-0.15, -0.1) is 0 Å². The Balaban J connectivity index is 2.17. The molecule has 0 saturated carbocycles. The van der Waals surface area contributed by atoms with Crippen LogP contribution < -0.4 is 20.3 Å².